The Kier molecular flexibility index (Phi) is 6.78. The number of halogens is 2. The highest BCUT2D eigenvalue weighted by Gasteiger charge is 2.17. The molecule has 1 atom stereocenters. The summed E-state index contributed by atoms with van der Waals surface area (Å²) in [6, 6.07) is 5.46. The SMILES string of the molecule is CC(CNCc1ccc(Cl)c(Cl)c1)NC(=O)OC(C)(C)C. The molecule has 0 saturated carbocycles. The second kappa shape index (κ2) is 7.87. The van der Waals surface area contributed by atoms with E-state index in [-0.39, 0.29) is 6.04 Å². The zero-order valence-electron chi connectivity index (χ0n) is 12.8. The van der Waals surface area contributed by atoms with Gasteiger partial charge in [-0.3, -0.25) is 0 Å². The molecule has 6 heteroatoms. The predicted molar refractivity (Wildman–Crippen MR) is 87.0 cm³/mol. The van der Waals surface area contributed by atoms with Crippen molar-refractivity contribution in [1.82, 2.24) is 10.6 Å². The van der Waals surface area contributed by atoms with Crippen LogP contribution in [-0.2, 0) is 11.3 Å². The van der Waals surface area contributed by atoms with Crippen LogP contribution >= 0.6 is 23.2 Å². The summed E-state index contributed by atoms with van der Waals surface area (Å²) in [7, 11) is 0. The Balaban J connectivity index is 2.31. The fourth-order valence-corrected chi connectivity index (χ4v) is 1.96. The smallest absolute Gasteiger partial charge is 0.407 e. The first kappa shape index (κ1) is 18.1. The van der Waals surface area contributed by atoms with Crippen LogP contribution in [0.25, 0.3) is 0 Å². The average molecular weight is 333 g/mol. The van der Waals surface area contributed by atoms with Gasteiger partial charge in [0.25, 0.3) is 0 Å². The van der Waals surface area contributed by atoms with Gasteiger partial charge in [-0.15, -0.1) is 0 Å². The second-order valence-electron chi connectivity index (χ2n) is 5.93. The molecule has 0 aliphatic heterocycles. The van der Waals surface area contributed by atoms with Crippen molar-refractivity contribution in [3.05, 3.63) is 33.8 Å². The Labute approximate surface area is 136 Å². The number of ether oxygens (including phenoxy) is 1. The van der Waals surface area contributed by atoms with E-state index in [1.807, 2.05) is 39.8 Å². The molecule has 0 aliphatic carbocycles. The lowest BCUT2D eigenvalue weighted by molar-refractivity contribution is 0.0508. The molecule has 1 rings (SSSR count). The summed E-state index contributed by atoms with van der Waals surface area (Å²) < 4.78 is 5.19. The van der Waals surface area contributed by atoms with Crippen molar-refractivity contribution < 1.29 is 9.53 Å². The van der Waals surface area contributed by atoms with Gasteiger partial charge in [0.2, 0.25) is 0 Å². The van der Waals surface area contributed by atoms with Gasteiger partial charge in [-0.25, -0.2) is 4.79 Å². The summed E-state index contributed by atoms with van der Waals surface area (Å²) in [6.45, 7) is 8.68. The van der Waals surface area contributed by atoms with Crippen LogP contribution < -0.4 is 10.6 Å². The summed E-state index contributed by atoms with van der Waals surface area (Å²) >= 11 is 11.8. The Bertz CT molecular complexity index is 487. The summed E-state index contributed by atoms with van der Waals surface area (Å²) in [5.41, 5.74) is 0.547. The molecule has 0 bridgehead atoms. The minimum absolute atomic E-state index is 0.0392. The monoisotopic (exact) mass is 332 g/mol. The molecule has 0 fully saturated rings. The van der Waals surface area contributed by atoms with Gasteiger partial charge in [0.05, 0.1) is 10.0 Å². The van der Waals surface area contributed by atoms with Crippen LogP contribution in [0.3, 0.4) is 0 Å². The number of alkyl carbamates (subject to hydrolysis) is 1. The lowest BCUT2D eigenvalue weighted by Gasteiger charge is -2.22. The van der Waals surface area contributed by atoms with Gasteiger partial charge in [0.1, 0.15) is 5.60 Å². The number of amides is 1. The van der Waals surface area contributed by atoms with Crippen molar-refractivity contribution in [2.24, 2.45) is 0 Å². The fraction of sp³-hybridized carbons (Fsp3) is 0.533. The molecule has 0 radical (unpaired) electrons. The van der Waals surface area contributed by atoms with Gasteiger partial charge in [-0.2, -0.15) is 0 Å². The zero-order chi connectivity index (χ0) is 16.0. The van der Waals surface area contributed by atoms with Crippen LogP contribution in [0, 0.1) is 0 Å². The summed E-state index contributed by atoms with van der Waals surface area (Å²) in [6.07, 6.45) is -0.411. The maximum atomic E-state index is 11.6. The lowest BCUT2D eigenvalue weighted by atomic mass is 10.2. The normalized spacial score (nSPS) is 12.9. The first-order valence-corrected chi connectivity index (χ1v) is 7.57. The molecular weight excluding hydrogens is 311 g/mol. The molecule has 21 heavy (non-hydrogen) atoms. The van der Waals surface area contributed by atoms with Gasteiger partial charge < -0.3 is 15.4 Å². The van der Waals surface area contributed by atoms with Crippen LogP contribution in [0.5, 0.6) is 0 Å². The maximum absolute atomic E-state index is 11.6. The zero-order valence-corrected chi connectivity index (χ0v) is 14.3. The van der Waals surface area contributed by atoms with Gasteiger partial charge in [-0.05, 0) is 45.4 Å². The van der Waals surface area contributed by atoms with Crippen molar-refractivity contribution in [2.45, 2.75) is 45.9 Å². The molecular formula is C15H22Cl2N2O2. The number of hydrogen-bond acceptors (Lipinski definition) is 3. The summed E-state index contributed by atoms with van der Waals surface area (Å²) in [4.78, 5) is 11.6. The van der Waals surface area contributed by atoms with Crippen LogP contribution in [0.15, 0.2) is 18.2 Å². The number of carbonyl (C=O) groups is 1. The maximum Gasteiger partial charge on any atom is 0.407 e. The lowest BCUT2D eigenvalue weighted by Crippen LogP contribution is -2.42. The van der Waals surface area contributed by atoms with E-state index in [0.717, 1.165) is 5.56 Å². The molecule has 1 amide bonds. The van der Waals surface area contributed by atoms with E-state index in [1.54, 1.807) is 6.07 Å². The molecule has 2 N–H and O–H groups in total. The molecule has 0 aromatic heterocycles. The largest absolute Gasteiger partial charge is 0.444 e. The highest BCUT2D eigenvalue weighted by Crippen LogP contribution is 2.22. The van der Waals surface area contributed by atoms with E-state index < -0.39 is 11.7 Å². The number of hydrogen-bond donors (Lipinski definition) is 2. The van der Waals surface area contributed by atoms with Gasteiger partial charge >= 0.3 is 6.09 Å². The number of carbonyl (C=O) groups excluding carboxylic acids is 1. The van der Waals surface area contributed by atoms with E-state index >= 15 is 0 Å². The highest BCUT2D eigenvalue weighted by molar-refractivity contribution is 6.42. The van der Waals surface area contributed by atoms with Crippen LogP contribution in [0.1, 0.15) is 33.3 Å². The minimum atomic E-state index is -0.489. The number of benzene rings is 1. The van der Waals surface area contributed by atoms with Crippen molar-refractivity contribution >= 4 is 29.3 Å². The van der Waals surface area contributed by atoms with E-state index in [2.05, 4.69) is 10.6 Å². The third kappa shape index (κ3) is 7.55. The van der Waals surface area contributed by atoms with Crippen molar-refractivity contribution in [3.63, 3.8) is 0 Å². The molecule has 1 aromatic carbocycles. The summed E-state index contributed by atoms with van der Waals surface area (Å²) in [5, 5.41) is 7.10. The third-order valence-corrected chi connectivity index (χ3v) is 3.27. The molecule has 0 saturated heterocycles. The van der Waals surface area contributed by atoms with Crippen LogP contribution in [0.2, 0.25) is 10.0 Å². The first-order valence-electron chi connectivity index (χ1n) is 6.81. The Hall–Kier alpha value is -0.970. The molecule has 4 nitrogen and oxygen atoms in total. The van der Waals surface area contributed by atoms with Crippen molar-refractivity contribution in [1.29, 1.82) is 0 Å². The van der Waals surface area contributed by atoms with Gasteiger partial charge in [-0.1, -0.05) is 29.3 Å². The Morgan fingerprint density at radius 3 is 2.52 bits per heavy atom. The molecule has 1 unspecified atom stereocenters. The number of rotatable bonds is 5. The second-order valence-corrected chi connectivity index (χ2v) is 6.74. The molecule has 0 heterocycles. The number of nitrogens with one attached hydrogen (secondary N) is 2. The van der Waals surface area contributed by atoms with E-state index in [4.69, 9.17) is 27.9 Å². The van der Waals surface area contributed by atoms with Gasteiger partial charge in [0.15, 0.2) is 0 Å². The minimum Gasteiger partial charge on any atom is -0.444 e. The highest BCUT2D eigenvalue weighted by atomic mass is 35.5. The Morgan fingerprint density at radius 1 is 1.29 bits per heavy atom. The molecule has 0 aliphatic rings. The standard InChI is InChI=1S/C15H22Cl2N2O2/c1-10(19-14(20)21-15(2,3)4)8-18-9-11-5-6-12(16)13(17)7-11/h5-7,10,18H,8-9H2,1-4H3,(H,19,20). The molecule has 0 spiro atoms. The molecule has 1 aromatic rings. The Morgan fingerprint density at radius 2 is 1.95 bits per heavy atom. The average Bonchev–Trinajstić information content (AvgIpc) is 2.31. The van der Waals surface area contributed by atoms with Crippen LogP contribution in [0.4, 0.5) is 4.79 Å². The quantitative estimate of drug-likeness (QED) is 0.856. The van der Waals surface area contributed by atoms with Gasteiger partial charge in [0, 0.05) is 19.1 Å². The van der Waals surface area contributed by atoms with Crippen molar-refractivity contribution in [3.8, 4) is 0 Å². The van der Waals surface area contributed by atoms with Crippen molar-refractivity contribution in [2.75, 3.05) is 6.54 Å². The van der Waals surface area contributed by atoms with E-state index in [1.165, 1.54) is 0 Å². The summed E-state index contributed by atoms with van der Waals surface area (Å²) in [5.74, 6) is 0. The van der Waals surface area contributed by atoms with E-state index in [0.29, 0.717) is 23.1 Å². The molecule has 118 valence electrons. The van der Waals surface area contributed by atoms with Crippen LogP contribution in [-0.4, -0.2) is 24.3 Å². The predicted octanol–water partition coefficient (Wildman–Crippen LogP) is 4.00. The topological polar surface area (TPSA) is 50.4 Å². The van der Waals surface area contributed by atoms with E-state index in [9.17, 15) is 4.79 Å². The first-order chi connectivity index (χ1) is 9.67. The third-order valence-electron chi connectivity index (χ3n) is 2.53. The fourth-order valence-electron chi connectivity index (χ4n) is 1.64.